The van der Waals surface area contributed by atoms with Gasteiger partial charge in [0.05, 0.1) is 11.1 Å². The molecule has 1 unspecified atom stereocenters. The van der Waals surface area contributed by atoms with E-state index in [1.165, 1.54) is 13.8 Å². The fraction of sp³-hybridized carbons (Fsp3) is 0.806. The van der Waals surface area contributed by atoms with Crippen molar-refractivity contribution in [3.63, 3.8) is 0 Å². The Kier molecular flexibility index (Phi) is 8.65. The quantitative estimate of drug-likeness (QED) is 0.191. The van der Waals surface area contributed by atoms with Gasteiger partial charge >= 0.3 is 18.1 Å². The van der Waals surface area contributed by atoms with Crippen LogP contribution in [0.1, 0.15) is 113 Å². The minimum Gasteiger partial charge on any atom is -0.465 e. The number of alkyl halides is 3. The molecular weight excluding hydrogens is 613 g/mol. The molecule has 0 radical (unpaired) electrons. The van der Waals surface area contributed by atoms with Gasteiger partial charge in [0.1, 0.15) is 13.2 Å². The zero-order chi connectivity index (χ0) is 35.0. The first-order valence-electron chi connectivity index (χ1n) is 17.0. The van der Waals surface area contributed by atoms with Crippen molar-refractivity contribution in [3.8, 4) is 0 Å². The van der Waals surface area contributed by atoms with Crippen molar-refractivity contribution in [1.82, 2.24) is 5.32 Å². The largest absolute Gasteiger partial charge is 0.465 e. The fourth-order valence-corrected chi connectivity index (χ4v) is 11.1. The van der Waals surface area contributed by atoms with Crippen LogP contribution in [0, 0.1) is 50.2 Å². The van der Waals surface area contributed by atoms with Crippen LogP contribution in [0.25, 0.3) is 0 Å². The number of rotatable bonds is 5. The molecule has 8 atom stereocenters. The number of hydrogen-bond acceptors (Lipinski definition) is 7. The van der Waals surface area contributed by atoms with Crippen LogP contribution in [0.4, 0.5) is 13.2 Å². The van der Waals surface area contributed by atoms with Gasteiger partial charge in [0.15, 0.2) is 5.78 Å². The fourth-order valence-electron chi connectivity index (χ4n) is 11.1. The summed E-state index contributed by atoms with van der Waals surface area (Å²) in [6, 6.07) is 0. The molecule has 0 aromatic rings. The molecule has 0 aliphatic heterocycles. The summed E-state index contributed by atoms with van der Waals surface area (Å²) >= 11 is 0. The Labute approximate surface area is 276 Å². The summed E-state index contributed by atoms with van der Waals surface area (Å²) < 4.78 is 45.3. The van der Waals surface area contributed by atoms with Crippen molar-refractivity contribution < 1.29 is 41.9 Å². The molecule has 1 amide bonds. The summed E-state index contributed by atoms with van der Waals surface area (Å²) in [6.07, 6.45) is 2.66. The van der Waals surface area contributed by atoms with Crippen molar-refractivity contribution in [2.75, 3.05) is 13.2 Å². The predicted molar refractivity (Wildman–Crippen MR) is 169 cm³/mol. The Bertz CT molecular complexity index is 1420. The predicted octanol–water partition coefficient (Wildman–Crippen LogP) is 7.11. The molecule has 0 aromatic carbocycles. The lowest BCUT2D eigenvalue weighted by atomic mass is 9.33. The second kappa shape index (κ2) is 11.4. The Morgan fingerprint density at radius 3 is 2.23 bits per heavy atom. The molecule has 5 rings (SSSR count). The number of fused-ring (bicyclic) bond motifs is 7. The number of ether oxygens (including phenoxy) is 1. The number of oxime groups is 1. The number of hydrogen-bond donors (Lipinski definition) is 1. The molecule has 4 saturated carbocycles. The van der Waals surface area contributed by atoms with E-state index in [-0.39, 0.29) is 29.6 Å². The van der Waals surface area contributed by atoms with E-state index >= 15 is 0 Å². The summed E-state index contributed by atoms with van der Waals surface area (Å²) in [6.45, 7) is 14.2. The smallest absolute Gasteiger partial charge is 0.405 e. The number of ketones is 1. The van der Waals surface area contributed by atoms with E-state index in [2.05, 4.69) is 45.1 Å². The number of esters is 1. The first-order chi connectivity index (χ1) is 21.5. The van der Waals surface area contributed by atoms with E-state index in [1.807, 2.05) is 13.0 Å². The van der Waals surface area contributed by atoms with Crippen LogP contribution in [0.15, 0.2) is 16.8 Å². The van der Waals surface area contributed by atoms with Gasteiger partial charge in [-0.1, -0.05) is 52.3 Å². The molecule has 1 N–H and O–H groups in total. The van der Waals surface area contributed by atoms with Crippen LogP contribution in [-0.4, -0.2) is 48.7 Å². The molecule has 5 aliphatic rings. The van der Waals surface area contributed by atoms with Gasteiger partial charge in [0, 0.05) is 25.2 Å². The molecule has 4 fully saturated rings. The number of nitrogens with one attached hydrogen (secondary N) is 1. The maximum absolute atomic E-state index is 14.7. The molecule has 0 saturated heterocycles. The van der Waals surface area contributed by atoms with Gasteiger partial charge in [-0.25, -0.2) is 4.79 Å². The Morgan fingerprint density at radius 2 is 1.62 bits per heavy atom. The normalized spacial score (nSPS) is 41.8. The highest BCUT2D eigenvalue weighted by atomic mass is 19.4. The Hall–Kier alpha value is -2.72. The van der Waals surface area contributed by atoms with Gasteiger partial charge in [-0.2, -0.15) is 13.2 Å². The molecule has 0 heterocycles. The number of carbonyl (C=O) groups is 4. The van der Waals surface area contributed by atoms with E-state index in [0.717, 1.165) is 18.4 Å². The molecule has 47 heavy (non-hydrogen) atoms. The summed E-state index contributed by atoms with van der Waals surface area (Å²) in [5.74, 6) is -2.54. The number of amides is 1. The van der Waals surface area contributed by atoms with Crippen molar-refractivity contribution in [1.29, 1.82) is 0 Å². The third-order valence-corrected chi connectivity index (χ3v) is 13.7. The van der Waals surface area contributed by atoms with Crippen molar-refractivity contribution in [2.24, 2.45) is 55.4 Å². The van der Waals surface area contributed by atoms with Gasteiger partial charge in [-0.05, 0) is 97.4 Å². The Morgan fingerprint density at radius 1 is 0.957 bits per heavy atom. The minimum absolute atomic E-state index is 0.0432. The lowest BCUT2D eigenvalue weighted by Gasteiger charge is -2.69. The highest BCUT2D eigenvalue weighted by molar-refractivity contribution is 5.97. The zero-order valence-electron chi connectivity index (χ0n) is 29.1. The van der Waals surface area contributed by atoms with Gasteiger partial charge in [-0.15, -0.1) is 0 Å². The van der Waals surface area contributed by atoms with E-state index < -0.39 is 63.6 Å². The van der Waals surface area contributed by atoms with Crippen molar-refractivity contribution in [2.45, 2.75) is 119 Å². The molecular formula is C36H51F3N2O6. The first-order valence-corrected chi connectivity index (χ1v) is 17.0. The SMILES string of the molecule is CC(=O)OCC1(C)C(=NOC(C)=O)CC[C@]2(C)C3=CC(=O)[C@@H]4[C@@H]5CC(C)(C)CC[C@]5(C(=O)NCC(F)(F)F)CC[C@@]4(C)[C@]3(C)CC[C@@H]12. The monoisotopic (exact) mass is 664 g/mol. The van der Waals surface area contributed by atoms with Crippen LogP contribution in [0.2, 0.25) is 0 Å². The van der Waals surface area contributed by atoms with Crippen LogP contribution in [0.5, 0.6) is 0 Å². The number of allylic oxidation sites excluding steroid dienone is 2. The second-order valence-electron chi connectivity index (χ2n) is 16.9. The topological polar surface area (TPSA) is 111 Å². The van der Waals surface area contributed by atoms with Crippen molar-refractivity contribution in [3.05, 3.63) is 11.6 Å². The molecule has 8 nitrogen and oxygen atoms in total. The molecule has 5 aliphatic carbocycles. The maximum atomic E-state index is 14.7. The standard InChI is InChI=1S/C36H51F3N2O6/c1-21(42)46-20-32(6)25-9-12-33(7)26(31(25,5)11-10-27(32)41-47-22(2)43)17-24(44)28-23-18-30(3,4)13-15-35(23,16-14-34(28,33)8)29(45)40-19-36(37,38)39/h17,23,25,28H,9-16,18-20H2,1-8H3,(H,40,45)/t23-,25+,28-,31-,32?,33+,34+,35-/m0/s1. The molecule has 262 valence electrons. The first kappa shape index (κ1) is 35.6. The van der Waals surface area contributed by atoms with E-state index in [9.17, 15) is 32.3 Å². The van der Waals surface area contributed by atoms with E-state index in [0.29, 0.717) is 50.7 Å². The summed E-state index contributed by atoms with van der Waals surface area (Å²) in [7, 11) is 0. The summed E-state index contributed by atoms with van der Waals surface area (Å²) in [5, 5.41) is 6.47. The third-order valence-electron chi connectivity index (χ3n) is 13.7. The van der Waals surface area contributed by atoms with Crippen molar-refractivity contribution >= 4 is 29.3 Å². The lowest BCUT2D eigenvalue weighted by molar-refractivity contribution is -0.182. The minimum atomic E-state index is -4.52. The number of carbonyl (C=O) groups excluding carboxylic acids is 4. The Balaban J connectivity index is 1.58. The van der Waals surface area contributed by atoms with Gasteiger partial charge in [0.2, 0.25) is 5.91 Å². The van der Waals surface area contributed by atoms with Crippen LogP contribution in [-0.2, 0) is 28.8 Å². The third kappa shape index (κ3) is 5.65. The average Bonchev–Trinajstić information content (AvgIpc) is 2.95. The second-order valence-corrected chi connectivity index (χ2v) is 16.9. The summed E-state index contributed by atoms with van der Waals surface area (Å²) in [4.78, 5) is 57.3. The van der Waals surface area contributed by atoms with Crippen LogP contribution in [0.3, 0.4) is 0 Å². The van der Waals surface area contributed by atoms with E-state index in [1.54, 1.807) is 0 Å². The molecule has 0 aromatic heterocycles. The highest BCUT2D eigenvalue weighted by Gasteiger charge is 2.71. The lowest BCUT2D eigenvalue weighted by Crippen LogP contribution is -2.67. The van der Waals surface area contributed by atoms with Crippen LogP contribution < -0.4 is 5.32 Å². The highest BCUT2D eigenvalue weighted by Crippen LogP contribution is 2.75. The average molecular weight is 665 g/mol. The molecule has 0 spiro atoms. The maximum Gasteiger partial charge on any atom is 0.405 e. The summed E-state index contributed by atoms with van der Waals surface area (Å²) in [5.41, 5.74) is -1.62. The van der Waals surface area contributed by atoms with Crippen LogP contribution >= 0.6 is 0 Å². The van der Waals surface area contributed by atoms with Gasteiger partial charge in [-0.3, -0.25) is 14.4 Å². The van der Waals surface area contributed by atoms with Gasteiger partial charge < -0.3 is 14.9 Å². The molecule has 11 heteroatoms. The van der Waals surface area contributed by atoms with Gasteiger partial charge in [0.25, 0.3) is 0 Å². The number of halogens is 3. The molecule has 0 bridgehead atoms. The number of nitrogens with zero attached hydrogens (tertiary/aromatic N) is 1. The zero-order valence-corrected chi connectivity index (χ0v) is 29.1. The van der Waals surface area contributed by atoms with E-state index in [4.69, 9.17) is 9.57 Å².